The molecule has 1 unspecified atom stereocenters. The molecule has 0 amide bonds. The molecule has 4 atom stereocenters. The van der Waals surface area contributed by atoms with Gasteiger partial charge in [-0.1, -0.05) is 20.8 Å². The standard InChI is InChI=1S/C10H15N2O5P.C6H15N/c13-5-7-3-8(4-9(7)17-18(14)15)16-10-1-2-11-6-12-10;1-4-7(5-2)6-3/h1-2,6-9,13,18H,3-5H2,(H,14,15);4-6H2,1-3H3/t7-,8-,9+;/m1./s1. The van der Waals surface area contributed by atoms with E-state index in [4.69, 9.17) is 14.2 Å². The van der Waals surface area contributed by atoms with Crippen molar-refractivity contribution in [2.75, 3.05) is 26.2 Å². The number of nitrogens with zero attached hydrogens (tertiary/aromatic N) is 3. The van der Waals surface area contributed by atoms with Crippen LogP contribution in [0.2, 0.25) is 0 Å². The van der Waals surface area contributed by atoms with Crippen molar-refractivity contribution in [3.8, 4) is 5.88 Å². The summed E-state index contributed by atoms with van der Waals surface area (Å²) in [5.41, 5.74) is 0. The fourth-order valence-electron chi connectivity index (χ4n) is 2.79. The highest BCUT2D eigenvalue weighted by Crippen LogP contribution is 2.35. The average molecular weight is 375 g/mol. The van der Waals surface area contributed by atoms with E-state index in [1.54, 1.807) is 12.3 Å². The highest BCUT2D eigenvalue weighted by atomic mass is 31.1. The quantitative estimate of drug-likeness (QED) is 0.662. The molecular weight excluding hydrogens is 345 g/mol. The summed E-state index contributed by atoms with van der Waals surface area (Å²) in [5, 5.41) is 9.20. The molecule has 1 aliphatic rings. The number of hydrogen-bond acceptors (Lipinski definition) is 7. The van der Waals surface area contributed by atoms with E-state index in [-0.39, 0.29) is 18.6 Å². The summed E-state index contributed by atoms with van der Waals surface area (Å²) in [6.07, 6.45) is 3.36. The molecular formula is C16H30N3O5P. The van der Waals surface area contributed by atoms with E-state index in [1.165, 1.54) is 26.0 Å². The normalized spacial score (nSPS) is 23.8. The summed E-state index contributed by atoms with van der Waals surface area (Å²) in [6.45, 7) is 10.0. The van der Waals surface area contributed by atoms with E-state index in [0.29, 0.717) is 18.7 Å². The van der Waals surface area contributed by atoms with Gasteiger partial charge < -0.3 is 24.2 Å². The first-order valence-corrected chi connectivity index (χ1v) is 9.95. The maximum absolute atomic E-state index is 10.7. The Bertz CT molecular complexity index is 484. The lowest BCUT2D eigenvalue weighted by Crippen LogP contribution is -2.21. The molecule has 0 radical (unpaired) electrons. The Balaban J connectivity index is 0.000000381. The molecule has 1 aliphatic carbocycles. The van der Waals surface area contributed by atoms with Crippen LogP contribution in [0.1, 0.15) is 33.6 Å². The van der Waals surface area contributed by atoms with Gasteiger partial charge in [0.05, 0.1) is 6.10 Å². The molecule has 1 saturated carbocycles. The molecule has 144 valence electrons. The van der Waals surface area contributed by atoms with Crippen molar-refractivity contribution in [1.82, 2.24) is 14.9 Å². The number of ether oxygens (including phenoxy) is 1. The van der Waals surface area contributed by atoms with E-state index in [2.05, 4.69) is 35.6 Å². The Morgan fingerprint density at radius 1 is 1.28 bits per heavy atom. The van der Waals surface area contributed by atoms with E-state index in [0.717, 1.165) is 0 Å². The Labute approximate surface area is 150 Å². The molecule has 8 nitrogen and oxygen atoms in total. The van der Waals surface area contributed by atoms with E-state index >= 15 is 0 Å². The van der Waals surface area contributed by atoms with Crippen molar-refractivity contribution >= 4 is 8.25 Å². The first kappa shape index (κ1) is 22.0. The van der Waals surface area contributed by atoms with Gasteiger partial charge in [0.1, 0.15) is 12.4 Å². The predicted molar refractivity (Wildman–Crippen MR) is 95.8 cm³/mol. The third-order valence-corrected chi connectivity index (χ3v) is 4.76. The van der Waals surface area contributed by atoms with Crippen molar-refractivity contribution in [3.05, 3.63) is 18.6 Å². The van der Waals surface area contributed by atoms with Crippen molar-refractivity contribution in [2.24, 2.45) is 5.92 Å². The zero-order chi connectivity index (χ0) is 18.7. The molecule has 1 aromatic heterocycles. The second-order valence-corrected chi connectivity index (χ2v) is 6.51. The van der Waals surface area contributed by atoms with E-state index in [9.17, 15) is 9.67 Å². The molecule has 1 fully saturated rings. The Hall–Kier alpha value is -1.05. The largest absolute Gasteiger partial charge is 0.474 e. The van der Waals surface area contributed by atoms with Gasteiger partial charge in [0.25, 0.3) is 0 Å². The van der Waals surface area contributed by atoms with Crippen LogP contribution in [0.5, 0.6) is 5.88 Å². The Morgan fingerprint density at radius 2 is 1.96 bits per heavy atom. The summed E-state index contributed by atoms with van der Waals surface area (Å²) in [7, 11) is -3.00. The second-order valence-electron chi connectivity index (χ2n) is 5.74. The molecule has 2 rings (SSSR count). The van der Waals surface area contributed by atoms with Gasteiger partial charge in [0, 0.05) is 31.2 Å². The molecule has 9 heteroatoms. The zero-order valence-electron chi connectivity index (χ0n) is 15.2. The number of hydrogen-bond donors (Lipinski definition) is 2. The maximum Gasteiger partial charge on any atom is 0.316 e. The number of aliphatic hydroxyl groups excluding tert-OH is 1. The maximum atomic E-state index is 10.7. The average Bonchev–Trinajstić information content (AvgIpc) is 2.98. The SMILES string of the molecule is CCN(CC)CC.O=[PH](O)O[C@H]1C[C@H](Oc2ccncn2)C[C@@H]1CO. The van der Waals surface area contributed by atoms with Crippen molar-refractivity contribution in [1.29, 1.82) is 0 Å². The molecule has 1 aromatic rings. The predicted octanol–water partition coefficient (Wildman–Crippen LogP) is 1.74. The minimum Gasteiger partial charge on any atom is -0.474 e. The fourth-order valence-corrected chi connectivity index (χ4v) is 3.34. The first-order valence-electron chi connectivity index (χ1n) is 8.69. The lowest BCUT2D eigenvalue weighted by Gasteiger charge is -2.14. The summed E-state index contributed by atoms with van der Waals surface area (Å²) in [6, 6.07) is 1.64. The molecule has 0 aliphatic heterocycles. The van der Waals surface area contributed by atoms with Gasteiger partial charge in [-0.05, 0) is 26.1 Å². The lowest BCUT2D eigenvalue weighted by atomic mass is 10.1. The van der Waals surface area contributed by atoms with Gasteiger partial charge in [-0.25, -0.2) is 9.97 Å². The third-order valence-electron chi connectivity index (χ3n) is 4.26. The smallest absolute Gasteiger partial charge is 0.316 e. The molecule has 25 heavy (non-hydrogen) atoms. The van der Waals surface area contributed by atoms with Gasteiger partial charge >= 0.3 is 8.25 Å². The Morgan fingerprint density at radius 3 is 2.40 bits per heavy atom. The summed E-state index contributed by atoms with van der Waals surface area (Å²) in [5.74, 6) is 0.266. The number of rotatable bonds is 8. The van der Waals surface area contributed by atoms with Crippen LogP contribution < -0.4 is 4.74 Å². The van der Waals surface area contributed by atoms with E-state index in [1.807, 2.05) is 0 Å². The molecule has 0 spiro atoms. The molecule has 0 saturated heterocycles. The Kier molecular flexibility index (Phi) is 10.8. The van der Waals surface area contributed by atoms with Gasteiger partial charge in [-0.3, -0.25) is 4.57 Å². The highest BCUT2D eigenvalue weighted by Gasteiger charge is 2.37. The summed E-state index contributed by atoms with van der Waals surface area (Å²) >= 11 is 0. The second kappa shape index (κ2) is 12.3. The monoisotopic (exact) mass is 375 g/mol. The van der Waals surface area contributed by atoms with Crippen LogP contribution in [0, 0.1) is 5.92 Å². The van der Waals surface area contributed by atoms with Gasteiger partial charge in [0.2, 0.25) is 5.88 Å². The summed E-state index contributed by atoms with van der Waals surface area (Å²) < 4.78 is 21.2. The van der Waals surface area contributed by atoms with E-state index < -0.39 is 14.4 Å². The van der Waals surface area contributed by atoms with Crippen LogP contribution in [0.25, 0.3) is 0 Å². The molecule has 1 heterocycles. The highest BCUT2D eigenvalue weighted by molar-refractivity contribution is 7.32. The molecule has 0 bridgehead atoms. The molecule has 2 N–H and O–H groups in total. The zero-order valence-corrected chi connectivity index (χ0v) is 16.2. The number of aromatic nitrogens is 2. The van der Waals surface area contributed by atoms with Crippen LogP contribution in [-0.4, -0.2) is 63.3 Å². The minimum atomic E-state index is -3.00. The number of aliphatic hydroxyl groups is 1. The van der Waals surface area contributed by atoms with Crippen molar-refractivity contribution in [3.63, 3.8) is 0 Å². The first-order chi connectivity index (χ1) is 12.0. The van der Waals surface area contributed by atoms with Crippen LogP contribution in [-0.2, 0) is 9.09 Å². The molecule has 0 aromatic carbocycles. The topological polar surface area (TPSA) is 105 Å². The van der Waals surface area contributed by atoms with Gasteiger partial charge in [0.15, 0.2) is 0 Å². The lowest BCUT2D eigenvalue weighted by molar-refractivity contribution is 0.105. The fraction of sp³-hybridized carbons (Fsp3) is 0.750. The van der Waals surface area contributed by atoms with Crippen molar-refractivity contribution < 1.29 is 23.8 Å². The van der Waals surface area contributed by atoms with Crippen molar-refractivity contribution in [2.45, 2.75) is 45.8 Å². The minimum absolute atomic E-state index is 0.0938. The summed E-state index contributed by atoms with van der Waals surface area (Å²) in [4.78, 5) is 18.9. The van der Waals surface area contributed by atoms with Crippen LogP contribution >= 0.6 is 8.25 Å². The van der Waals surface area contributed by atoms with Gasteiger partial charge in [-0.15, -0.1) is 0 Å². The third kappa shape index (κ3) is 8.25. The van der Waals surface area contributed by atoms with Gasteiger partial charge in [-0.2, -0.15) is 0 Å². The van der Waals surface area contributed by atoms with Crippen LogP contribution in [0.15, 0.2) is 18.6 Å². The van der Waals surface area contributed by atoms with Crippen LogP contribution in [0.4, 0.5) is 0 Å². The van der Waals surface area contributed by atoms with Crippen LogP contribution in [0.3, 0.4) is 0 Å².